The van der Waals surface area contributed by atoms with Crippen molar-refractivity contribution in [1.82, 2.24) is 0 Å². The molecule has 0 spiro atoms. The van der Waals surface area contributed by atoms with E-state index in [0.29, 0.717) is 35.9 Å². The highest BCUT2D eigenvalue weighted by Crippen LogP contribution is 2.66. The smallest absolute Gasteiger partial charge is 0.302 e. The fourth-order valence-electron chi connectivity index (χ4n) is 7.92. The summed E-state index contributed by atoms with van der Waals surface area (Å²) >= 11 is 0. The maximum Gasteiger partial charge on any atom is 0.302 e. The van der Waals surface area contributed by atoms with E-state index in [1.54, 1.807) is 6.92 Å². The summed E-state index contributed by atoms with van der Waals surface area (Å²) in [6, 6.07) is 0. The molecule has 27 heavy (non-hydrogen) atoms. The van der Waals surface area contributed by atoms with Gasteiger partial charge in [-0.25, -0.2) is 0 Å². The van der Waals surface area contributed by atoms with Crippen molar-refractivity contribution in [2.24, 2.45) is 40.4 Å². The lowest BCUT2D eigenvalue weighted by molar-refractivity contribution is -0.167. The van der Waals surface area contributed by atoms with Crippen molar-refractivity contribution >= 4 is 17.5 Å². The summed E-state index contributed by atoms with van der Waals surface area (Å²) < 4.78 is 5.52. The Labute approximate surface area is 162 Å². The van der Waals surface area contributed by atoms with Gasteiger partial charge in [0.05, 0.1) is 0 Å². The summed E-state index contributed by atoms with van der Waals surface area (Å²) in [6.07, 6.45) is 7.86. The van der Waals surface area contributed by atoms with Crippen molar-refractivity contribution in [3.8, 4) is 0 Å². The monoisotopic (exact) mass is 374 g/mol. The highest BCUT2D eigenvalue weighted by Gasteiger charge is 2.64. The molecule has 0 amide bonds. The predicted octanol–water partition coefficient (Wildman–Crippen LogP) is 4.35. The maximum absolute atomic E-state index is 13.4. The summed E-state index contributed by atoms with van der Waals surface area (Å²) in [5.41, 5.74) is -0.254. The van der Waals surface area contributed by atoms with Crippen LogP contribution in [0.15, 0.2) is 0 Å². The van der Waals surface area contributed by atoms with Gasteiger partial charge < -0.3 is 4.74 Å². The zero-order chi connectivity index (χ0) is 19.6. The number of hydrogen-bond acceptors (Lipinski definition) is 4. The Morgan fingerprint density at radius 2 is 1.74 bits per heavy atom. The van der Waals surface area contributed by atoms with Gasteiger partial charge in [0.1, 0.15) is 17.7 Å². The molecule has 4 heteroatoms. The lowest BCUT2D eigenvalue weighted by Crippen LogP contribution is -2.57. The van der Waals surface area contributed by atoms with Crippen LogP contribution in [-0.2, 0) is 19.1 Å². The summed E-state index contributed by atoms with van der Waals surface area (Å²) in [6.45, 7) is 7.66. The minimum absolute atomic E-state index is 0.0512. The first-order valence-corrected chi connectivity index (χ1v) is 10.9. The van der Waals surface area contributed by atoms with Crippen molar-refractivity contribution in [2.45, 2.75) is 85.2 Å². The molecule has 150 valence electrons. The number of Topliss-reactive ketones (excluding diaryl/α,β-unsaturated/α-hetero) is 2. The van der Waals surface area contributed by atoms with E-state index >= 15 is 0 Å². The zero-order valence-electron chi connectivity index (χ0n) is 17.3. The molecule has 0 aromatic heterocycles. The quantitative estimate of drug-likeness (QED) is 0.675. The van der Waals surface area contributed by atoms with Gasteiger partial charge in [-0.1, -0.05) is 13.8 Å². The second-order valence-corrected chi connectivity index (χ2v) is 10.3. The van der Waals surface area contributed by atoms with Gasteiger partial charge in [-0.3, -0.25) is 14.4 Å². The highest BCUT2D eigenvalue weighted by molar-refractivity contribution is 5.93. The molecule has 0 aromatic rings. The fourth-order valence-corrected chi connectivity index (χ4v) is 7.92. The Balaban J connectivity index is 1.59. The molecule has 0 aromatic carbocycles. The lowest BCUT2D eigenvalue weighted by Gasteiger charge is -2.60. The van der Waals surface area contributed by atoms with Gasteiger partial charge in [0.25, 0.3) is 0 Å². The molecule has 7 unspecified atom stereocenters. The average Bonchev–Trinajstić information content (AvgIpc) is 2.95. The van der Waals surface area contributed by atoms with E-state index in [2.05, 4.69) is 13.8 Å². The van der Waals surface area contributed by atoms with E-state index < -0.39 is 5.41 Å². The SMILES string of the molecule is CC(=O)OC1CCC2(C)C3CC(=O)C4(C)C(C(C)=O)CCC4C3CC[C@H]2C1. The molecule has 4 aliphatic carbocycles. The minimum atomic E-state index is -0.425. The predicted molar refractivity (Wildman–Crippen MR) is 102 cm³/mol. The first-order chi connectivity index (χ1) is 12.7. The molecule has 8 atom stereocenters. The Morgan fingerprint density at radius 3 is 2.41 bits per heavy atom. The van der Waals surface area contributed by atoms with Crippen molar-refractivity contribution in [1.29, 1.82) is 0 Å². The molecule has 0 N–H and O–H groups in total. The van der Waals surface area contributed by atoms with Gasteiger partial charge in [0, 0.05) is 24.7 Å². The van der Waals surface area contributed by atoms with Crippen LogP contribution in [0.2, 0.25) is 0 Å². The fraction of sp³-hybridized carbons (Fsp3) is 0.870. The number of esters is 1. The number of ether oxygens (including phenoxy) is 1. The first kappa shape index (κ1) is 19.1. The number of ketones is 2. The molecular weight excluding hydrogens is 340 g/mol. The van der Waals surface area contributed by atoms with Crippen LogP contribution < -0.4 is 0 Å². The van der Waals surface area contributed by atoms with Crippen LogP contribution in [0.1, 0.15) is 79.1 Å². The van der Waals surface area contributed by atoms with Crippen LogP contribution in [0, 0.1) is 40.4 Å². The Bertz CT molecular complexity index is 669. The van der Waals surface area contributed by atoms with Gasteiger partial charge in [-0.2, -0.15) is 0 Å². The summed E-state index contributed by atoms with van der Waals surface area (Å²) in [5, 5.41) is 0. The van der Waals surface area contributed by atoms with Gasteiger partial charge in [0.15, 0.2) is 0 Å². The molecule has 0 heterocycles. The van der Waals surface area contributed by atoms with E-state index in [1.165, 1.54) is 13.3 Å². The molecule has 0 radical (unpaired) electrons. The Morgan fingerprint density at radius 1 is 1.00 bits per heavy atom. The van der Waals surface area contributed by atoms with Crippen LogP contribution in [0.25, 0.3) is 0 Å². The van der Waals surface area contributed by atoms with Gasteiger partial charge >= 0.3 is 5.97 Å². The average molecular weight is 375 g/mol. The second-order valence-electron chi connectivity index (χ2n) is 10.3. The molecule has 4 aliphatic rings. The van der Waals surface area contributed by atoms with Crippen molar-refractivity contribution < 1.29 is 19.1 Å². The third-order valence-corrected chi connectivity index (χ3v) is 9.30. The summed E-state index contributed by atoms with van der Waals surface area (Å²) in [4.78, 5) is 37.0. The van der Waals surface area contributed by atoms with Crippen molar-refractivity contribution in [3.05, 3.63) is 0 Å². The van der Waals surface area contributed by atoms with Gasteiger partial charge in [-0.15, -0.1) is 0 Å². The molecule has 4 fully saturated rings. The van der Waals surface area contributed by atoms with Gasteiger partial charge in [0.2, 0.25) is 0 Å². The zero-order valence-corrected chi connectivity index (χ0v) is 17.3. The summed E-state index contributed by atoms with van der Waals surface area (Å²) in [7, 11) is 0. The van der Waals surface area contributed by atoms with Crippen LogP contribution in [0.3, 0.4) is 0 Å². The van der Waals surface area contributed by atoms with Crippen LogP contribution in [0.4, 0.5) is 0 Å². The molecular formula is C23H34O4. The van der Waals surface area contributed by atoms with E-state index in [-0.39, 0.29) is 29.2 Å². The molecule has 0 saturated heterocycles. The topological polar surface area (TPSA) is 60.4 Å². The van der Waals surface area contributed by atoms with Crippen LogP contribution in [-0.4, -0.2) is 23.6 Å². The van der Waals surface area contributed by atoms with Gasteiger partial charge in [-0.05, 0) is 81.0 Å². The molecule has 0 aliphatic heterocycles. The number of rotatable bonds is 2. The molecule has 4 rings (SSSR count). The molecule has 4 nitrogen and oxygen atoms in total. The molecule has 0 bridgehead atoms. The Hall–Kier alpha value is -1.19. The minimum Gasteiger partial charge on any atom is -0.463 e. The normalized spacial score (nSPS) is 49.0. The third kappa shape index (κ3) is 2.73. The second kappa shape index (κ2) is 6.42. The van der Waals surface area contributed by atoms with E-state index in [4.69, 9.17) is 4.74 Å². The van der Waals surface area contributed by atoms with E-state index in [1.807, 2.05) is 0 Å². The molecule has 4 saturated carbocycles. The van der Waals surface area contributed by atoms with Crippen molar-refractivity contribution in [2.75, 3.05) is 0 Å². The maximum atomic E-state index is 13.4. The largest absolute Gasteiger partial charge is 0.463 e. The van der Waals surface area contributed by atoms with Crippen LogP contribution in [0.5, 0.6) is 0 Å². The first-order valence-electron chi connectivity index (χ1n) is 10.9. The number of carbonyl (C=O) groups is 3. The van der Waals surface area contributed by atoms with Crippen LogP contribution >= 0.6 is 0 Å². The number of carbonyl (C=O) groups excluding carboxylic acids is 3. The number of fused-ring (bicyclic) bond motifs is 5. The van der Waals surface area contributed by atoms with E-state index in [0.717, 1.165) is 38.5 Å². The standard InChI is InChI=1S/C23H34O4/c1-13(24)18-7-8-19-17-6-5-15-11-16(27-14(2)25)9-10-22(15,3)20(17)12-21(26)23(18,19)4/h15-20H,5-12H2,1-4H3/t15-,16?,17?,18?,19?,20?,22?,23?/m0/s1. The lowest BCUT2D eigenvalue weighted by atomic mass is 9.44. The summed E-state index contributed by atoms with van der Waals surface area (Å²) in [5.74, 6) is 2.22. The highest BCUT2D eigenvalue weighted by atomic mass is 16.5. The number of hydrogen-bond donors (Lipinski definition) is 0. The Kier molecular flexibility index (Phi) is 4.55. The van der Waals surface area contributed by atoms with Crippen molar-refractivity contribution in [3.63, 3.8) is 0 Å². The van der Waals surface area contributed by atoms with E-state index in [9.17, 15) is 14.4 Å². The third-order valence-electron chi connectivity index (χ3n) is 9.30.